The average Bonchev–Trinajstić information content (AvgIpc) is 4.01. The van der Waals surface area contributed by atoms with Crippen molar-refractivity contribution in [3.8, 4) is 22.3 Å². The van der Waals surface area contributed by atoms with Crippen molar-refractivity contribution in [1.82, 2.24) is 30.8 Å². The topological polar surface area (TPSA) is 232 Å². The molecule has 0 radical (unpaired) electrons. The van der Waals surface area contributed by atoms with Gasteiger partial charge in [0.2, 0.25) is 11.8 Å². The number of furan rings is 2. The average molecular weight is 1090 g/mol. The Labute approximate surface area is 451 Å². The van der Waals surface area contributed by atoms with Crippen molar-refractivity contribution in [2.24, 2.45) is 0 Å². The number of hydrogen-bond donors (Lipinski definition) is 6. The number of benzene rings is 4. The van der Waals surface area contributed by atoms with Crippen LogP contribution in [-0.4, -0.2) is 81.2 Å². The lowest BCUT2D eigenvalue weighted by atomic mass is 9.97. The Balaban J connectivity index is 0.000000198. The summed E-state index contributed by atoms with van der Waals surface area (Å²) >= 11 is 12.9. The summed E-state index contributed by atoms with van der Waals surface area (Å²) in [5.74, 6) is 0.199. The van der Waals surface area contributed by atoms with Gasteiger partial charge in [0.25, 0.3) is 5.91 Å². The molecule has 0 bridgehead atoms. The lowest BCUT2D eigenvalue weighted by Crippen LogP contribution is -2.59. The van der Waals surface area contributed by atoms with Crippen LogP contribution >= 0.6 is 35.6 Å². The second-order valence-corrected chi connectivity index (χ2v) is 19.2. The molecule has 8 aromatic rings. The third-order valence-corrected chi connectivity index (χ3v) is 12.4. The summed E-state index contributed by atoms with van der Waals surface area (Å²) in [6.07, 6.45) is 9.25. The van der Waals surface area contributed by atoms with Gasteiger partial charge in [0.05, 0.1) is 41.8 Å². The molecule has 4 aromatic carbocycles. The van der Waals surface area contributed by atoms with Gasteiger partial charge in [-0.2, -0.15) is 0 Å². The lowest BCUT2D eigenvalue weighted by molar-refractivity contribution is -0.117. The van der Waals surface area contributed by atoms with E-state index in [1.54, 1.807) is 104 Å². The van der Waals surface area contributed by atoms with E-state index in [9.17, 15) is 28.0 Å². The van der Waals surface area contributed by atoms with Crippen LogP contribution in [0.1, 0.15) is 57.2 Å². The van der Waals surface area contributed by atoms with Crippen LogP contribution in [0.25, 0.3) is 56.3 Å². The van der Waals surface area contributed by atoms with Crippen LogP contribution in [0.15, 0.2) is 143 Å². The van der Waals surface area contributed by atoms with Gasteiger partial charge in [-0.3, -0.25) is 14.4 Å². The van der Waals surface area contributed by atoms with Crippen molar-refractivity contribution in [2.75, 3.05) is 37.6 Å². The number of halogens is 5. The number of carbonyl (C=O) groups excluding carboxylic acids is 3. The Morgan fingerprint density at radius 2 is 1.08 bits per heavy atom. The summed E-state index contributed by atoms with van der Waals surface area (Å²) in [4.78, 5) is 57.3. The molecule has 15 nitrogen and oxygen atoms in total. The normalized spacial score (nSPS) is 14.1. The minimum Gasteiger partial charge on any atom is -0.478 e. The van der Waals surface area contributed by atoms with E-state index in [4.69, 9.17) is 48.6 Å². The largest absolute Gasteiger partial charge is 0.478 e. The van der Waals surface area contributed by atoms with Gasteiger partial charge in [0, 0.05) is 54.0 Å². The number of likely N-dealkylation sites (tertiary alicyclic amines) is 1. The number of pyridine rings is 2. The van der Waals surface area contributed by atoms with Crippen molar-refractivity contribution in [3.05, 3.63) is 178 Å². The highest BCUT2D eigenvalue weighted by Gasteiger charge is 2.41. The monoisotopic (exact) mass is 1090 g/mol. The quantitative estimate of drug-likeness (QED) is 0.0628. The van der Waals surface area contributed by atoms with Gasteiger partial charge in [-0.1, -0.05) is 47.5 Å². The van der Waals surface area contributed by atoms with E-state index in [2.05, 4.69) is 25.9 Å². The zero-order valence-corrected chi connectivity index (χ0v) is 43.2. The highest BCUT2D eigenvalue weighted by Crippen LogP contribution is 2.35. The van der Waals surface area contributed by atoms with Crippen LogP contribution in [0.2, 0.25) is 10.0 Å². The zero-order chi connectivity index (χ0) is 53.4. The van der Waals surface area contributed by atoms with Gasteiger partial charge in [0.15, 0.2) is 11.2 Å². The molecule has 3 amide bonds. The smallest absolute Gasteiger partial charge is 0.335 e. The van der Waals surface area contributed by atoms with E-state index < -0.39 is 17.3 Å². The van der Waals surface area contributed by atoms with Crippen LogP contribution in [0.5, 0.6) is 0 Å². The molecule has 2 fully saturated rings. The highest BCUT2D eigenvalue weighted by atomic mass is 35.5. The number of alkyl halides is 2. The number of amides is 3. The van der Waals surface area contributed by atoms with E-state index in [0.29, 0.717) is 63.0 Å². The predicted octanol–water partition coefficient (Wildman–Crippen LogP) is 10.7. The fourth-order valence-electron chi connectivity index (χ4n) is 7.83. The minimum atomic E-state index is -1.31. The molecule has 8 N–H and O–H groups in total. The summed E-state index contributed by atoms with van der Waals surface area (Å²) in [5.41, 5.74) is 15.6. The maximum absolute atomic E-state index is 13.7. The molecular formula is C56H51Cl3F2N8O7. The first-order chi connectivity index (χ1) is 35.8. The fourth-order valence-corrected chi connectivity index (χ4v) is 8.36. The number of anilines is 2. The summed E-state index contributed by atoms with van der Waals surface area (Å²) in [6.45, 7) is 4.77. The Bertz CT molecular complexity index is 3440. The molecule has 0 unspecified atom stereocenters. The first-order valence-corrected chi connectivity index (χ1v) is 24.1. The van der Waals surface area contributed by atoms with Crippen molar-refractivity contribution in [2.45, 2.75) is 38.3 Å². The maximum Gasteiger partial charge on any atom is 0.335 e. The number of hydrogen-bond acceptors (Lipinski definition) is 11. The number of fused-ring (bicyclic) bond motifs is 2. The number of rotatable bonds is 12. The van der Waals surface area contributed by atoms with Crippen LogP contribution in [0, 0.1) is 0 Å². The van der Waals surface area contributed by atoms with Gasteiger partial charge >= 0.3 is 5.97 Å². The molecule has 6 heterocycles. The number of nitrogens with zero attached hydrogens (tertiary/aromatic N) is 3. The molecule has 0 atom stereocenters. The van der Waals surface area contributed by atoms with E-state index in [1.807, 2.05) is 36.4 Å². The van der Waals surface area contributed by atoms with Crippen molar-refractivity contribution < 1.29 is 41.9 Å². The van der Waals surface area contributed by atoms with Crippen LogP contribution in [0.3, 0.4) is 0 Å². The molecule has 4 aromatic heterocycles. The Morgan fingerprint density at radius 3 is 1.43 bits per heavy atom. The predicted molar refractivity (Wildman–Crippen MR) is 294 cm³/mol. The van der Waals surface area contributed by atoms with Crippen molar-refractivity contribution in [3.63, 3.8) is 0 Å². The molecule has 2 aliphatic rings. The molecule has 2 aliphatic heterocycles. The third-order valence-electron chi connectivity index (χ3n) is 11.8. The molecule has 76 heavy (non-hydrogen) atoms. The number of aromatic carboxylic acids is 1. The Kier molecular flexibility index (Phi) is 17.6. The summed E-state index contributed by atoms with van der Waals surface area (Å²) in [6, 6.07) is 31.5. The molecule has 10 rings (SSSR count). The number of carboxylic acid groups (broad SMARTS) is 1. The number of carbonyl (C=O) groups is 4. The lowest BCUT2D eigenvalue weighted by Gasteiger charge is -2.42. The molecule has 20 heteroatoms. The van der Waals surface area contributed by atoms with Crippen molar-refractivity contribution in [1.29, 1.82) is 0 Å². The first-order valence-electron chi connectivity index (χ1n) is 23.4. The molecule has 392 valence electrons. The standard InChI is InChI=1S/C28H24ClFN4O3.C24H18ClN3O4.C4H8FN.ClH/c1-28(30)15-34(16-28)27(36)19-6-4-18(5-7-19)20-10-21-11-22(37-26(21)23(29)12-20)14-33-25(35)9-3-17-2-8-24(31)32-13-17;25-20-11-17(15-3-5-16(6-4-15)24(30)31)9-18-10-19(32-23(18)20)13-28-22(29)8-2-14-1-7-21(26)27-12-14;1-4(5)2-6-3-4;/h2-13H,14-16H2,1H3,(H2,31,32)(H,33,35);1-12H,13H2,(H2,26,27)(H,28,29)(H,30,31);6H,2-3H2,1H3;1H/b9-3+;8-2+;;. The van der Waals surface area contributed by atoms with E-state index in [0.717, 1.165) is 44.2 Å². The molecule has 0 aliphatic carbocycles. The summed E-state index contributed by atoms with van der Waals surface area (Å²) in [5, 5.41) is 19.8. The van der Waals surface area contributed by atoms with Crippen LogP contribution in [-0.2, 0) is 22.7 Å². The number of nitrogens with one attached hydrogen (secondary N) is 3. The van der Waals surface area contributed by atoms with Crippen LogP contribution in [0.4, 0.5) is 20.4 Å². The van der Waals surface area contributed by atoms with Gasteiger partial charge in [0.1, 0.15) is 34.5 Å². The van der Waals surface area contributed by atoms with E-state index >= 15 is 0 Å². The summed E-state index contributed by atoms with van der Waals surface area (Å²) in [7, 11) is 0. The fraction of sp³-hybridized carbons (Fsp3) is 0.179. The van der Waals surface area contributed by atoms with E-state index in [-0.39, 0.29) is 61.9 Å². The SMILES string of the molecule is CC1(F)CN(C(=O)c2ccc(-c3cc(Cl)c4oc(CNC(=O)/C=C/c5ccc(N)nc5)cc4c3)cc2)C1.CC1(F)CNC1.Cl.Nc1ccc(/C=C/C(=O)NCc2cc3cc(-c4ccc(C(=O)O)cc4)cc(Cl)c3o2)cn1. The van der Waals surface area contributed by atoms with Crippen molar-refractivity contribution >= 4 is 105 Å². The van der Waals surface area contributed by atoms with Crippen LogP contribution < -0.4 is 27.4 Å². The second-order valence-electron chi connectivity index (χ2n) is 18.4. The summed E-state index contributed by atoms with van der Waals surface area (Å²) < 4.78 is 37.5. The van der Waals surface area contributed by atoms with Gasteiger partial charge in [-0.15, -0.1) is 12.4 Å². The molecule has 0 saturated carbocycles. The number of aromatic nitrogens is 2. The van der Waals surface area contributed by atoms with Gasteiger partial charge in [-0.05, 0) is 144 Å². The highest BCUT2D eigenvalue weighted by molar-refractivity contribution is 6.35. The molecular weight excluding hydrogens is 1040 g/mol. The molecule has 0 spiro atoms. The third kappa shape index (κ3) is 14.6. The second kappa shape index (κ2) is 24.1. The molecule has 2 saturated heterocycles. The van der Waals surface area contributed by atoms with E-state index in [1.165, 1.54) is 24.0 Å². The number of nitrogen functional groups attached to an aromatic ring is 2. The minimum absolute atomic E-state index is 0. The number of nitrogens with two attached hydrogens (primary N) is 2. The van der Waals surface area contributed by atoms with Gasteiger partial charge in [-0.25, -0.2) is 23.5 Å². The number of carboxylic acids is 1. The first kappa shape index (κ1) is 55.7. The Hall–Kier alpha value is -8.09. The Morgan fingerprint density at radius 1 is 0.658 bits per heavy atom. The maximum atomic E-state index is 13.7. The zero-order valence-electron chi connectivity index (χ0n) is 40.9. The van der Waals surface area contributed by atoms with Gasteiger partial charge < -0.3 is 46.3 Å².